The standard InChI is InChI=1S/C20H24N4O4S2/c1-12-17(19(27)22-10-9-16(25)28-2)30-20(24(12)14-5-6-14)23-18(26)13-3-7-15(8-4-13)29-11-21/h3-4,7-8,11-12,14,17,21H,5-6,9-10H2,1-2H3,(H,22,27). The smallest absolute Gasteiger partial charge is 0.307 e. The van der Waals surface area contributed by atoms with Gasteiger partial charge in [0, 0.05) is 29.1 Å². The van der Waals surface area contributed by atoms with Gasteiger partial charge in [0.1, 0.15) is 5.25 Å². The van der Waals surface area contributed by atoms with Gasteiger partial charge in [-0.3, -0.25) is 14.4 Å². The number of nitrogens with zero attached hydrogens (tertiary/aromatic N) is 2. The van der Waals surface area contributed by atoms with Gasteiger partial charge in [0.05, 0.1) is 19.1 Å². The Kier molecular flexibility index (Phi) is 7.54. The van der Waals surface area contributed by atoms with Crippen molar-refractivity contribution in [3.05, 3.63) is 29.8 Å². The molecular formula is C20H24N4O4S2. The van der Waals surface area contributed by atoms with Crippen LogP contribution in [-0.4, -0.2) is 64.4 Å². The lowest BCUT2D eigenvalue weighted by atomic mass is 10.2. The van der Waals surface area contributed by atoms with Crippen molar-refractivity contribution in [3.63, 3.8) is 0 Å². The molecule has 1 heterocycles. The monoisotopic (exact) mass is 448 g/mol. The van der Waals surface area contributed by atoms with E-state index < -0.39 is 5.25 Å². The lowest BCUT2D eigenvalue weighted by Crippen LogP contribution is -2.43. The predicted octanol–water partition coefficient (Wildman–Crippen LogP) is 2.53. The lowest BCUT2D eigenvalue weighted by Gasteiger charge is -2.24. The van der Waals surface area contributed by atoms with Crippen molar-refractivity contribution in [1.29, 1.82) is 5.41 Å². The van der Waals surface area contributed by atoms with E-state index in [9.17, 15) is 14.4 Å². The topological polar surface area (TPSA) is 112 Å². The largest absolute Gasteiger partial charge is 0.469 e. The van der Waals surface area contributed by atoms with Gasteiger partial charge in [-0.1, -0.05) is 23.5 Å². The molecule has 0 radical (unpaired) electrons. The van der Waals surface area contributed by atoms with Gasteiger partial charge in [0.2, 0.25) is 5.91 Å². The van der Waals surface area contributed by atoms with Crippen molar-refractivity contribution in [1.82, 2.24) is 10.2 Å². The van der Waals surface area contributed by atoms with E-state index in [-0.39, 0.29) is 36.8 Å². The molecule has 1 saturated carbocycles. The van der Waals surface area contributed by atoms with Crippen molar-refractivity contribution in [3.8, 4) is 0 Å². The Bertz CT molecular complexity index is 855. The zero-order valence-electron chi connectivity index (χ0n) is 16.8. The molecule has 2 amide bonds. The molecule has 2 aliphatic rings. The van der Waals surface area contributed by atoms with Crippen molar-refractivity contribution in [2.75, 3.05) is 13.7 Å². The molecule has 160 valence electrons. The third-order valence-electron chi connectivity index (χ3n) is 4.88. The van der Waals surface area contributed by atoms with Crippen molar-refractivity contribution in [2.24, 2.45) is 4.99 Å². The van der Waals surface area contributed by atoms with Crippen molar-refractivity contribution in [2.45, 2.75) is 48.4 Å². The Hall–Kier alpha value is -2.33. The van der Waals surface area contributed by atoms with Crippen LogP contribution < -0.4 is 5.32 Å². The fraction of sp³-hybridized carbons (Fsp3) is 0.450. The molecule has 2 fully saturated rings. The maximum absolute atomic E-state index is 12.7. The van der Waals surface area contributed by atoms with Crippen molar-refractivity contribution >= 4 is 52.0 Å². The Balaban J connectivity index is 1.70. The Morgan fingerprint density at radius 3 is 2.63 bits per heavy atom. The van der Waals surface area contributed by atoms with Gasteiger partial charge in [-0.05, 0) is 44.0 Å². The average Bonchev–Trinajstić information content (AvgIpc) is 3.52. The number of hydrogen-bond acceptors (Lipinski definition) is 7. The van der Waals surface area contributed by atoms with E-state index in [1.54, 1.807) is 24.3 Å². The van der Waals surface area contributed by atoms with Crippen LogP contribution in [0.4, 0.5) is 0 Å². The van der Waals surface area contributed by atoms with E-state index in [1.807, 2.05) is 6.92 Å². The molecule has 0 bridgehead atoms. The van der Waals surface area contributed by atoms with Crippen LogP contribution in [0.5, 0.6) is 0 Å². The molecule has 1 aliphatic carbocycles. The molecule has 0 aromatic heterocycles. The highest BCUT2D eigenvalue weighted by Gasteiger charge is 2.46. The van der Waals surface area contributed by atoms with Crippen LogP contribution in [0.2, 0.25) is 0 Å². The normalized spacial score (nSPS) is 22.1. The first-order chi connectivity index (χ1) is 14.4. The fourth-order valence-corrected chi connectivity index (χ4v) is 4.92. The van der Waals surface area contributed by atoms with Crippen LogP contribution in [0.25, 0.3) is 0 Å². The average molecular weight is 449 g/mol. The first-order valence-electron chi connectivity index (χ1n) is 9.62. The molecule has 1 saturated heterocycles. The lowest BCUT2D eigenvalue weighted by molar-refractivity contribution is -0.140. The number of ether oxygens (including phenoxy) is 1. The number of carbonyl (C=O) groups is 3. The van der Waals surface area contributed by atoms with E-state index in [2.05, 4.69) is 19.9 Å². The summed E-state index contributed by atoms with van der Waals surface area (Å²) in [7, 11) is 1.31. The van der Waals surface area contributed by atoms with Gasteiger partial charge >= 0.3 is 5.97 Å². The molecule has 10 heteroatoms. The summed E-state index contributed by atoms with van der Waals surface area (Å²) in [5, 5.41) is 10.1. The van der Waals surface area contributed by atoms with Crippen LogP contribution in [0.1, 0.15) is 36.5 Å². The second kappa shape index (κ2) is 10.1. The maximum Gasteiger partial charge on any atom is 0.307 e. The number of thioether (sulfide) groups is 2. The molecular weight excluding hydrogens is 424 g/mol. The highest BCUT2D eigenvalue weighted by Crippen LogP contribution is 2.40. The number of nitrogens with one attached hydrogen (secondary N) is 2. The van der Waals surface area contributed by atoms with Gasteiger partial charge in [0.15, 0.2) is 5.17 Å². The third kappa shape index (κ3) is 5.42. The molecule has 30 heavy (non-hydrogen) atoms. The number of methoxy groups -OCH3 is 1. The third-order valence-corrected chi connectivity index (χ3v) is 6.92. The second-order valence-electron chi connectivity index (χ2n) is 6.99. The molecule has 8 nitrogen and oxygen atoms in total. The van der Waals surface area contributed by atoms with Gasteiger partial charge in [-0.25, -0.2) is 0 Å². The quantitative estimate of drug-likeness (QED) is 0.272. The number of aliphatic imine (C=N–C) groups is 1. The van der Waals surface area contributed by atoms with E-state index in [0.717, 1.165) is 17.7 Å². The van der Waals surface area contributed by atoms with Gasteiger partial charge < -0.3 is 20.4 Å². The number of esters is 1. The zero-order chi connectivity index (χ0) is 21.7. The molecule has 1 aromatic rings. The number of amidine groups is 1. The fourth-order valence-electron chi connectivity index (χ4n) is 3.18. The summed E-state index contributed by atoms with van der Waals surface area (Å²) in [5.74, 6) is -0.902. The van der Waals surface area contributed by atoms with Crippen LogP contribution in [0.15, 0.2) is 34.2 Å². The summed E-state index contributed by atoms with van der Waals surface area (Å²) in [5.41, 5.74) is 1.70. The number of amides is 2. The van der Waals surface area contributed by atoms with Gasteiger partial charge in [-0.15, -0.1) is 0 Å². The molecule has 0 spiro atoms. The van der Waals surface area contributed by atoms with E-state index in [1.165, 1.54) is 36.2 Å². The summed E-state index contributed by atoms with van der Waals surface area (Å²) in [6.07, 6.45) is 2.15. The first kappa shape index (κ1) is 22.4. The Morgan fingerprint density at radius 2 is 2.03 bits per heavy atom. The molecule has 2 N–H and O–H groups in total. The number of carbonyl (C=O) groups excluding carboxylic acids is 3. The molecule has 1 aliphatic heterocycles. The summed E-state index contributed by atoms with van der Waals surface area (Å²) in [6, 6.07) is 7.16. The second-order valence-corrected chi connectivity index (χ2v) is 9.05. The summed E-state index contributed by atoms with van der Waals surface area (Å²) in [6.45, 7) is 2.18. The van der Waals surface area contributed by atoms with Crippen LogP contribution >= 0.6 is 23.5 Å². The minimum atomic E-state index is -0.402. The van der Waals surface area contributed by atoms with Gasteiger partial charge in [0.25, 0.3) is 5.91 Å². The SMILES string of the molecule is COC(=O)CCNC(=O)C1SC(=NC(=O)c2ccc(SC=N)cc2)N(C2CC2)C1C. The minimum Gasteiger partial charge on any atom is -0.469 e. The molecule has 2 atom stereocenters. The van der Waals surface area contributed by atoms with Crippen LogP contribution in [0, 0.1) is 5.41 Å². The minimum absolute atomic E-state index is 0.0986. The number of benzene rings is 1. The zero-order valence-corrected chi connectivity index (χ0v) is 18.4. The molecule has 1 aromatic carbocycles. The highest BCUT2D eigenvalue weighted by atomic mass is 32.2. The first-order valence-corrected chi connectivity index (χ1v) is 11.4. The van der Waals surface area contributed by atoms with Gasteiger partial charge in [-0.2, -0.15) is 4.99 Å². The maximum atomic E-state index is 12.7. The summed E-state index contributed by atoms with van der Waals surface area (Å²) >= 11 is 2.56. The highest BCUT2D eigenvalue weighted by molar-refractivity contribution is 8.15. The molecule has 2 unspecified atom stereocenters. The summed E-state index contributed by atoms with van der Waals surface area (Å²) < 4.78 is 4.59. The number of hydrogen-bond donors (Lipinski definition) is 2. The summed E-state index contributed by atoms with van der Waals surface area (Å²) in [4.78, 5) is 43.9. The molecule has 3 rings (SSSR count). The van der Waals surface area contributed by atoms with E-state index in [4.69, 9.17) is 5.41 Å². The number of rotatable bonds is 8. The van der Waals surface area contributed by atoms with E-state index >= 15 is 0 Å². The Morgan fingerprint density at radius 1 is 1.33 bits per heavy atom. The van der Waals surface area contributed by atoms with Crippen LogP contribution in [0.3, 0.4) is 0 Å². The van der Waals surface area contributed by atoms with E-state index in [0.29, 0.717) is 16.8 Å². The Labute approximate surface area is 183 Å². The van der Waals surface area contributed by atoms with Crippen molar-refractivity contribution < 1.29 is 19.1 Å². The van der Waals surface area contributed by atoms with Crippen LogP contribution in [-0.2, 0) is 14.3 Å². The predicted molar refractivity (Wildman–Crippen MR) is 118 cm³/mol.